The van der Waals surface area contributed by atoms with E-state index >= 15 is 0 Å². The highest BCUT2D eigenvalue weighted by atomic mass is 15.4. The number of aryl methyl sites for hydroxylation is 1. The minimum Gasteiger partial charge on any atom is -0.353 e. The van der Waals surface area contributed by atoms with Crippen LogP contribution in [0.15, 0.2) is 48.9 Å². The molecule has 0 amide bonds. The van der Waals surface area contributed by atoms with Crippen LogP contribution in [0.25, 0.3) is 28.0 Å². The Morgan fingerprint density at radius 3 is 2.67 bits per heavy atom. The Balaban J connectivity index is 1.73. The summed E-state index contributed by atoms with van der Waals surface area (Å²) in [7, 11) is 2.01. The van der Waals surface area contributed by atoms with E-state index in [0.29, 0.717) is 0 Å². The zero-order valence-corrected chi connectivity index (χ0v) is 15.6. The number of anilines is 1. The molecular weight excluding hydrogens is 336 g/mol. The molecule has 1 aliphatic heterocycles. The fraction of sp³-hybridized carbons (Fsp3) is 0.286. The second kappa shape index (κ2) is 6.23. The molecule has 0 aliphatic carbocycles. The van der Waals surface area contributed by atoms with Crippen molar-refractivity contribution in [1.29, 1.82) is 0 Å². The maximum Gasteiger partial charge on any atom is 0.175 e. The van der Waals surface area contributed by atoms with Gasteiger partial charge in [0.25, 0.3) is 0 Å². The number of nitrogens with zero attached hydrogens (tertiary/aromatic N) is 6. The third kappa shape index (κ3) is 2.51. The average molecular weight is 358 g/mol. The monoisotopic (exact) mass is 358 g/mol. The van der Waals surface area contributed by atoms with Crippen molar-refractivity contribution < 1.29 is 0 Å². The van der Waals surface area contributed by atoms with Gasteiger partial charge in [0.1, 0.15) is 11.5 Å². The van der Waals surface area contributed by atoms with Crippen LogP contribution in [0.2, 0.25) is 0 Å². The van der Waals surface area contributed by atoms with Crippen LogP contribution in [0.1, 0.15) is 18.5 Å². The lowest BCUT2D eigenvalue weighted by molar-refractivity contribution is 0.730. The van der Waals surface area contributed by atoms with Crippen LogP contribution in [-0.4, -0.2) is 37.4 Å². The van der Waals surface area contributed by atoms with E-state index in [0.717, 1.165) is 52.6 Å². The van der Waals surface area contributed by atoms with Gasteiger partial charge in [0.05, 0.1) is 11.2 Å². The Bertz CT molecular complexity index is 1110. The number of fused-ring (bicyclic) bond motifs is 1. The summed E-state index contributed by atoms with van der Waals surface area (Å²) >= 11 is 0. The van der Waals surface area contributed by atoms with E-state index in [1.165, 1.54) is 12.8 Å². The SMILES string of the molecule is Cc1c(-n2ccnc2-c2cccc3ncccc23)c(N2CCCC2)nn1C. The Kier molecular flexibility index (Phi) is 3.70. The molecule has 27 heavy (non-hydrogen) atoms. The van der Waals surface area contributed by atoms with Crippen molar-refractivity contribution in [2.45, 2.75) is 19.8 Å². The molecule has 0 bridgehead atoms. The van der Waals surface area contributed by atoms with Crippen molar-refractivity contribution in [3.05, 3.63) is 54.6 Å². The Hall–Kier alpha value is -3.15. The highest BCUT2D eigenvalue weighted by molar-refractivity contribution is 5.93. The lowest BCUT2D eigenvalue weighted by Gasteiger charge is -2.18. The molecule has 136 valence electrons. The van der Waals surface area contributed by atoms with E-state index in [-0.39, 0.29) is 0 Å². The van der Waals surface area contributed by atoms with Gasteiger partial charge in [0, 0.05) is 49.7 Å². The first kappa shape index (κ1) is 16.1. The van der Waals surface area contributed by atoms with E-state index in [1.54, 1.807) is 0 Å². The van der Waals surface area contributed by atoms with E-state index in [1.807, 2.05) is 48.5 Å². The van der Waals surface area contributed by atoms with Crippen LogP contribution < -0.4 is 4.90 Å². The minimum absolute atomic E-state index is 0.921. The summed E-state index contributed by atoms with van der Waals surface area (Å²) in [4.78, 5) is 11.6. The van der Waals surface area contributed by atoms with Gasteiger partial charge in [-0.2, -0.15) is 5.10 Å². The zero-order valence-electron chi connectivity index (χ0n) is 15.6. The maximum atomic E-state index is 4.83. The molecule has 0 radical (unpaired) electrons. The molecule has 1 fully saturated rings. The molecule has 6 heteroatoms. The molecule has 1 saturated heterocycles. The Labute approximate surface area is 158 Å². The third-order valence-corrected chi connectivity index (χ3v) is 5.46. The van der Waals surface area contributed by atoms with Crippen LogP contribution in [-0.2, 0) is 7.05 Å². The average Bonchev–Trinajstić information content (AvgIpc) is 3.43. The summed E-state index contributed by atoms with van der Waals surface area (Å²) in [5.74, 6) is 1.97. The van der Waals surface area contributed by atoms with Gasteiger partial charge in [-0.15, -0.1) is 0 Å². The van der Waals surface area contributed by atoms with Gasteiger partial charge in [-0.1, -0.05) is 18.2 Å². The summed E-state index contributed by atoms with van der Waals surface area (Å²) in [6.45, 7) is 4.24. The first-order chi connectivity index (χ1) is 13.2. The molecule has 0 spiro atoms. The number of rotatable bonds is 3. The van der Waals surface area contributed by atoms with Crippen molar-refractivity contribution in [2.24, 2.45) is 7.05 Å². The van der Waals surface area contributed by atoms with E-state index in [4.69, 9.17) is 10.1 Å². The molecular formula is C21H22N6. The molecule has 0 unspecified atom stereocenters. The highest BCUT2D eigenvalue weighted by Crippen LogP contribution is 2.34. The molecule has 6 nitrogen and oxygen atoms in total. The minimum atomic E-state index is 0.921. The number of hydrogen-bond acceptors (Lipinski definition) is 4. The van der Waals surface area contributed by atoms with Gasteiger partial charge in [0.2, 0.25) is 0 Å². The molecule has 0 saturated carbocycles. The van der Waals surface area contributed by atoms with Crippen molar-refractivity contribution in [3.63, 3.8) is 0 Å². The van der Waals surface area contributed by atoms with Crippen LogP contribution in [0.5, 0.6) is 0 Å². The van der Waals surface area contributed by atoms with Crippen LogP contribution >= 0.6 is 0 Å². The largest absolute Gasteiger partial charge is 0.353 e. The van der Waals surface area contributed by atoms with Gasteiger partial charge in [0.15, 0.2) is 5.82 Å². The van der Waals surface area contributed by atoms with Crippen molar-refractivity contribution in [3.8, 4) is 17.1 Å². The Morgan fingerprint density at radius 1 is 0.963 bits per heavy atom. The predicted molar refractivity (Wildman–Crippen MR) is 107 cm³/mol. The topological polar surface area (TPSA) is 51.8 Å². The quantitative estimate of drug-likeness (QED) is 0.560. The van der Waals surface area contributed by atoms with Gasteiger partial charge in [-0.25, -0.2) is 4.98 Å². The normalized spacial score (nSPS) is 14.4. The van der Waals surface area contributed by atoms with Crippen LogP contribution in [0.4, 0.5) is 5.82 Å². The molecule has 3 aromatic heterocycles. The second-order valence-electron chi connectivity index (χ2n) is 7.07. The van der Waals surface area contributed by atoms with E-state index in [9.17, 15) is 0 Å². The fourth-order valence-corrected chi connectivity index (χ4v) is 3.98. The summed E-state index contributed by atoms with van der Waals surface area (Å²) < 4.78 is 4.15. The first-order valence-electron chi connectivity index (χ1n) is 9.40. The standard InChI is InChI=1S/C21H22N6/c1-15-19(21(24-25(15)2)26-12-3-4-13-26)27-14-11-23-20(27)17-7-5-9-18-16(17)8-6-10-22-18/h5-11,14H,3-4,12-13H2,1-2H3. The number of pyridine rings is 1. The molecule has 0 atom stereocenters. The van der Waals surface area contributed by atoms with Crippen molar-refractivity contribution >= 4 is 16.7 Å². The molecule has 0 N–H and O–H groups in total. The Morgan fingerprint density at radius 2 is 1.81 bits per heavy atom. The smallest absolute Gasteiger partial charge is 0.175 e. The van der Waals surface area contributed by atoms with Gasteiger partial charge in [-0.3, -0.25) is 14.2 Å². The number of benzene rings is 1. The fourth-order valence-electron chi connectivity index (χ4n) is 3.98. The van der Waals surface area contributed by atoms with Crippen LogP contribution in [0, 0.1) is 6.92 Å². The number of aromatic nitrogens is 5. The van der Waals surface area contributed by atoms with Gasteiger partial charge in [-0.05, 0) is 31.9 Å². The molecule has 4 heterocycles. The number of hydrogen-bond donors (Lipinski definition) is 0. The maximum absolute atomic E-state index is 4.83. The number of imidazole rings is 1. The van der Waals surface area contributed by atoms with Crippen molar-refractivity contribution in [1.82, 2.24) is 24.3 Å². The molecule has 1 aliphatic rings. The van der Waals surface area contributed by atoms with Gasteiger partial charge >= 0.3 is 0 Å². The molecule has 5 rings (SSSR count). The van der Waals surface area contributed by atoms with E-state index < -0.39 is 0 Å². The summed E-state index contributed by atoms with van der Waals surface area (Å²) in [6.07, 6.45) is 8.18. The third-order valence-electron chi connectivity index (χ3n) is 5.46. The summed E-state index contributed by atoms with van der Waals surface area (Å²) in [5.41, 5.74) is 4.32. The summed E-state index contributed by atoms with van der Waals surface area (Å²) in [5, 5.41) is 5.93. The predicted octanol–water partition coefficient (Wildman–Crippen LogP) is 3.73. The summed E-state index contributed by atoms with van der Waals surface area (Å²) in [6, 6.07) is 10.3. The van der Waals surface area contributed by atoms with Crippen LogP contribution in [0.3, 0.4) is 0 Å². The lowest BCUT2D eigenvalue weighted by atomic mass is 10.1. The molecule has 1 aromatic carbocycles. The highest BCUT2D eigenvalue weighted by Gasteiger charge is 2.25. The zero-order chi connectivity index (χ0) is 18.4. The van der Waals surface area contributed by atoms with Crippen molar-refractivity contribution in [2.75, 3.05) is 18.0 Å². The second-order valence-corrected chi connectivity index (χ2v) is 7.07. The molecule has 4 aromatic rings. The van der Waals surface area contributed by atoms with Gasteiger partial charge < -0.3 is 4.90 Å². The lowest BCUT2D eigenvalue weighted by Crippen LogP contribution is -2.20. The first-order valence-corrected chi connectivity index (χ1v) is 9.40. The van der Waals surface area contributed by atoms with E-state index in [2.05, 4.69) is 33.5 Å².